The molecule has 1 aromatic carbocycles. The normalized spacial score (nSPS) is 15.7. The number of rotatable bonds is 6. The van der Waals surface area contributed by atoms with Gasteiger partial charge in [-0.05, 0) is 36.5 Å². The molecule has 4 rings (SSSR count). The van der Waals surface area contributed by atoms with Crippen molar-refractivity contribution >= 4 is 18.7 Å². The van der Waals surface area contributed by atoms with E-state index in [9.17, 15) is 4.79 Å². The molecule has 1 amide bonds. The van der Waals surface area contributed by atoms with Crippen LogP contribution in [0.5, 0.6) is 5.75 Å². The van der Waals surface area contributed by atoms with Crippen LogP contribution in [0.15, 0.2) is 55.4 Å². The van der Waals surface area contributed by atoms with Gasteiger partial charge in [0.05, 0.1) is 11.4 Å². The maximum absolute atomic E-state index is 12.5. The van der Waals surface area contributed by atoms with Crippen LogP contribution in [-0.4, -0.2) is 50.0 Å². The Labute approximate surface area is 180 Å². The van der Waals surface area contributed by atoms with E-state index in [1.807, 2.05) is 29.9 Å². The molecule has 1 saturated heterocycles. The molecular weight excluding hydrogens is 402 g/mol. The molecule has 1 atom stereocenters. The molecule has 1 fully saturated rings. The number of amides is 1. The van der Waals surface area contributed by atoms with Crippen LogP contribution in [0, 0.1) is 5.92 Å². The highest BCUT2D eigenvalue weighted by molar-refractivity contribution is 7.80. The topological polar surface area (TPSA) is 74.4 Å². The molecule has 0 aliphatic carbocycles. The highest BCUT2D eigenvalue weighted by Crippen LogP contribution is 2.28. The first kappa shape index (κ1) is 20.3. The molecule has 0 radical (unpaired) electrons. The number of aryl methyl sites for hydroxylation is 1. The van der Waals surface area contributed by atoms with E-state index in [-0.39, 0.29) is 11.3 Å². The van der Waals surface area contributed by atoms with E-state index >= 15 is 0 Å². The zero-order valence-electron chi connectivity index (χ0n) is 16.8. The number of nitrogens with zero attached hydrogens (tertiary/aromatic N) is 5. The smallest absolute Gasteiger partial charge is 0.413 e. The number of aromatic nitrogens is 4. The molecular formula is C21H25N5O3S. The number of imidazole rings is 2. The second-order valence-corrected chi connectivity index (χ2v) is 7.90. The SMILES string of the molecule is Cn1ccnc1C(S)c1ccc(OC(=O)N2CCC(COn3ccnc3)CC2)cc1. The minimum atomic E-state index is -0.316. The van der Waals surface area contributed by atoms with Crippen LogP contribution in [0.4, 0.5) is 4.79 Å². The van der Waals surface area contributed by atoms with Crippen LogP contribution in [0.3, 0.4) is 0 Å². The van der Waals surface area contributed by atoms with E-state index in [1.54, 1.807) is 46.7 Å². The number of likely N-dealkylation sites (tertiary alicyclic amines) is 1. The molecule has 0 spiro atoms. The second-order valence-electron chi connectivity index (χ2n) is 7.38. The summed E-state index contributed by atoms with van der Waals surface area (Å²) in [4.78, 5) is 28.2. The molecule has 0 N–H and O–H groups in total. The first-order valence-electron chi connectivity index (χ1n) is 9.93. The Morgan fingerprint density at radius 2 is 1.97 bits per heavy atom. The number of carbonyl (C=O) groups is 1. The zero-order chi connectivity index (χ0) is 20.9. The molecule has 1 aliphatic rings. The monoisotopic (exact) mass is 427 g/mol. The summed E-state index contributed by atoms with van der Waals surface area (Å²) in [7, 11) is 1.94. The van der Waals surface area contributed by atoms with Gasteiger partial charge in [0.1, 0.15) is 24.5 Å². The van der Waals surface area contributed by atoms with Crippen LogP contribution in [0.25, 0.3) is 0 Å². The third-order valence-electron chi connectivity index (χ3n) is 5.32. The lowest BCUT2D eigenvalue weighted by Gasteiger charge is -2.30. The summed E-state index contributed by atoms with van der Waals surface area (Å²) in [5, 5.41) is -0.140. The zero-order valence-corrected chi connectivity index (χ0v) is 17.7. The van der Waals surface area contributed by atoms with Gasteiger partial charge in [0, 0.05) is 38.7 Å². The lowest BCUT2D eigenvalue weighted by atomic mass is 9.98. The standard InChI is InChI=1S/C21H25N5O3S/c1-24-12-9-23-20(24)19(30)17-2-4-18(5-3-17)29-21(27)25-10-6-16(7-11-25)14-28-26-13-8-22-15-26/h2-5,8-9,12-13,15-16,19,30H,6-7,10-11,14H2,1H3. The Morgan fingerprint density at radius 1 is 1.20 bits per heavy atom. The number of hydrogen-bond donors (Lipinski definition) is 1. The van der Waals surface area contributed by atoms with Gasteiger partial charge in [-0.3, -0.25) is 0 Å². The number of ether oxygens (including phenoxy) is 1. The lowest BCUT2D eigenvalue weighted by molar-refractivity contribution is 0.0541. The first-order chi connectivity index (χ1) is 14.6. The molecule has 1 unspecified atom stereocenters. The Bertz CT molecular complexity index is 949. The van der Waals surface area contributed by atoms with Crippen molar-refractivity contribution in [2.45, 2.75) is 18.1 Å². The molecule has 3 aromatic rings. The van der Waals surface area contributed by atoms with Crippen LogP contribution < -0.4 is 9.57 Å². The van der Waals surface area contributed by atoms with Crippen LogP contribution in [0.2, 0.25) is 0 Å². The van der Waals surface area contributed by atoms with Crippen molar-refractivity contribution in [3.05, 3.63) is 66.8 Å². The average Bonchev–Trinajstić information content (AvgIpc) is 3.44. The minimum absolute atomic E-state index is 0.140. The third-order valence-corrected chi connectivity index (χ3v) is 5.85. The largest absolute Gasteiger partial charge is 0.415 e. The van der Waals surface area contributed by atoms with Crippen molar-refractivity contribution in [1.82, 2.24) is 24.2 Å². The first-order valence-corrected chi connectivity index (χ1v) is 10.4. The van der Waals surface area contributed by atoms with E-state index in [1.165, 1.54) is 0 Å². The summed E-state index contributed by atoms with van der Waals surface area (Å²) in [5.74, 6) is 1.80. The van der Waals surface area contributed by atoms with Crippen LogP contribution in [0.1, 0.15) is 29.5 Å². The maximum Gasteiger partial charge on any atom is 0.415 e. The van der Waals surface area contributed by atoms with Crippen LogP contribution in [-0.2, 0) is 7.05 Å². The van der Waals surface area contributed by atoms with E-state index in [0.29, 0.717) is 31.4 Å². The number of thiol groups is 1. The third kappa shape index (κ3) is 4.79. The molecule has 9 heteroatoms. The number of hydrogen-bond acceptors (Lipinski definition) is 6. The summed E-state index contributed by atoms with van der Waals surface area (Å²) in [5.41, 5.74) is 0.992. The van der Waals surface area contributed by atoms with Gasteiger partial charge in [0.25, 0.3) is 0 Å². The summed E-state index contributed by atoms with van der Waals surface area (Å²) in [6.45, 7) is 1.93. The van der Waals surface area contributed by atoms with Gasteiger partial charge in [-0.25, -0.2) is 14.8 Å². The van der Waals surface area contributed by atoms with Crippen molar-refractivity contribution in [1.29, 1.82) is 0 Å². The molecule has 0 saturated carbocycles. The average molecular weight is 428 g/mol. The van der Waals surface area contributed by atoms with Crippen molar-refractivity contribution < 1.29 is 14.4 Å². The number of carbonyl (C=O) groups excluding carboxylic acids is 1. The fourth-order valence-electron chi connectivity index (χ4n) is 3.47. The van der Waals surface area contributed by atoms with Gasteiger partial charge in [-0.2, -0.15) is 17.4 Å². The highest BCUT2D eigenvalue weighted by Gasteiger charge is 2.25. The minimum Gasteiger partial charge on any atom is -0.413 e. The van der Waals surface area contributed by atoms with Crippen molar-refractivity contribution in [2.24, 2.45) is 13.0 Å². The van der Waals surface area contributed by atoms with Crippen molar-refractivity contribution in [3.63, 3.8) is 0 Å². The maximum atomic E-state index is 12.5. The van der Waals surface area contributed by atoms with Gasteiger partial charge in [0.15, 0.2) is 0 Å². The highest BCUT2D eigenvalue weighted by atomic mass is 32.1. The molecule has 0 bridgehead atoms. The Hall–Kier alpha value is -2.94. The van der Waals surface area contributed by atoms with Gasteiger partial charge in [-0.1, -0.05) is 12.1 Å². The van der Waals surface area contributed by atoms with E-state index in [0.717, 1.165) is 24.2 Å². The second kappa shape index (κ2) is 9.25. The molecule has 2 aromatic heterocycles. The summed E-state index contributed by atoms with van der Waals surface area (Å²) < 4.78 is 9.10. The van der Waals surface area contributed by atoms with Gasteiger partial charge in [-0.15, -0.1) is 0 Å². The summed E-state index contributed by atoms with van der Waals surface area (Å²) in [6, 6.07) is 7.42. The van der Waals surface area contributed by atoms with E-state index in [4.69, 9.17) is 9.57 Å². The predicted octanol–water partition coefficient (Wildman–Crippen LogP) is 2.98. The van der Waals surface area contributed by atoms with Crippen molar-refractivity contribution in [2.75, 3.05) is 19.7 Å². The Balaban J connectivity index is 1.25. The molecule has 8 nitrogen and oxygen atoms in total. The number of piperidine rings is 1. The Morgan fingerprint density at radius 3 is 2.60 bits per heavy atom. The van der Waals surface area contributed by atoms with Gasteiger partial charge < -0.3 is 19.0 Å². The lowest BCUT2D eigenvalue weighted by Crippen LogP contribution is -2.41. The molecule has 30 heavy (non-hydrogen) atoms. The quantitative estimate of drug-likeness (QED) is 0.612. The van der Waals surface area contributed by atoms with Crippen LogP contribution >= 0.6 is 12.6 Å². The summed E-state index contributed by atoms with van der Waals surface area (Å²) in [6.07, 6.45) is 10.2. The van der Waals surface area contributed by atoms with Gasteiger partial charge >= 0.3 is 6.09 Å². The fraction of sp³-hybridized carbons (Fsp3) is 0.381. The predicted molar refractivity (Wildman–Crippen MR) is 114 cm³/mol. The van der Waals surface area contributed by atoms with E-state index < -0.39 is 0 Å². The van der Waals surface area contributed by atoms with Crippen molar-refractivity contribution in [3.8, 4) is 5.75 Å². The molecule has 158 valence electrons. The fourth-order valence-corrected chi connectivity index (χ4v) is 3.89. The summed E-state index contributed by atoms with van der Waals surface area (Å²) >= 11 is 4.66. The number of benzene rings is 1. The van der Waals surface area contributed by atoms with E-state index in [2.05, 4.69) is 22.6 Å². The molecule has 1 aliphatic heterocycles. The Kier molecular flexibility index (Phi) is 6.27. The molecule has 3 heterocycles. The van der Waals surface area contributed by atoms with Gasteiger partial charge in [0.2, 0.25) is 0 Å².